The molecule has 2 aromatic rings. The van der Waals surface area contributed by atoms with E-state index in [9.17, 15) is 9.59 Å². The maximum Gasteiger partial charge on any atom is 0.338 e. The predicted octanol–water partition coefficient (Wildman–Crippen LogP) is 3.99. The lowest BCUT2D eigenvalue weighted by Gasteiger charge is -2.27. The summed E-state index contributed by atoms with van der Waals surface area (Å²) in [5.41, 5.74) is 0.918. The quantitative estimate of drug-likeness (QED) is 0.431. The van der Waals surface area contributed by atoms with Crippen molar-refractivity contribution in [3.05, 3.63) is 54.0 Å². The summed E-state index contributed by atoms with van der Waals surface area (Å²) < 4.78 is 8.08. The molecule has 0 spiro atoms. The second-order valence-electron chi connectivity index (χ2n) is 4.87. The van der Waals surface area contributed by atoms with Crippen molar-refractivity contribution in [2.45, 2.75) is 16.9 Å². The zero-order valence-electron chi connectivity index (χ0n) is 13.1. The van der Waals surface area contributed by atoms with E-state index in [1.807, 2.05) is 0 Å². The van der Waals surface area contributed by atoms with Crippen LogP contribution in [0.15, 0.2) is 47.1 Å². The maximum absolute atomic E-state index is 12.1. The van der Waals surface area contributed by atoms with Crippen LogP contribution in [0.3, 0.4) is 0 Å². The summed E-state index contributed by atoms with van der Waals surface area (Å²) in [6, 6.07) is 9.39. The monoisotopic (exact) mass is 404 g/mol. The molecule has 1 atom stereocenters. The number of hydrogen-bond acceptors (Lipinski definition) is 5. The summed E-state index contributed by atoms with van der Waals surface area (Å²) in [5, 5.41) is 5.42. The molecule has 1 aromatic carbocycles. The fraction of sp³-hybridized carbons (Fsp3) is 0.250. The van der Waals surface area contributed by atoms with Crippen LogP contribution in [0.25, 0.3) is 0 Å². The average Bonchev–Trinajstić information content (AvgIpc) is 3.08. The molecule has 2 rings (SSSR count). The molecular formula is C16H15Cl3N2O4. The van der Waals surface area contributed by atoms with E-state index >= 15 is 0 Å². The zero-order valence-corrected chi connectivity index (χ0v) is 15.4. The molecule has 1 aromatic heterocycles. The van der Waals surface area contributed by atoms with E-state index in [1.54, 1.807) is 37.3 Å². The molecule has 134 valence electrons. The minimum absolute atomic E-state index is 0.0821. The van der Waals surface area contributed by atoms with E-state index in [0.29, 0.717) is 11.3 Å². The van der Waals surface area contributed by atoms with Gasteiger partial charge in [-0.25, -0.2) is 4.79 Å². The molecule has 6 nitrogen and oxygen atoms in total. The molecule has 1 heterocycles. The van der Waals surface area contributed by atoms with Gasteiger partial charge in [-0.2, -0.15) is 0 Å². The van der Waals surface area contributed by atoms with Crippen molar-refractivity contribution in [2.24, 2.45) is 0 Å². The highest BCUT2D eigenvalue weighted by Gasteiger charge is 2.34. The van der Waals surface area contributed by atoms with Crippen LogP contribution < -0.4 is 10.6 Å². The van der Waals surface area contributed by atoms with Gasteiger partial charge in [0.25, 0.3) is 5.91 Å². The largest absolute Gasteiger partial charge is 0.462 e. The maximum atomic E-state index is 12.1. The number of nitrogens with one attached hydrogen (secondary N) is 2. The molecule has 0 saturated heterocycles. The minimum atomic E-state index is -1.83. The predicted molar refractivity (Wildman–Crippen MR) is 96.3 cm³/mol. The van der Waals surface area contributed by atoms with Crippen LogP contribution in [0.4, 0.5) is 5.69 Å². The molecule has 0 bridgehead atoms. The Hall–Kier alpha value is -1.89. The summed E-state index contributed by atoms with van der Waals surface area (Å²) in [5.74, 6) is -0.895. The topological polar surface area (TPSA) is 80.6 Å². The number of rotatable bonds is 6. The summed E-state index contributed by atoms with van der Waals surface area (Å²) in [6.45, 7) is 2.01. The van der Waals surface area contributed by atoms with Gasteiger partial charge in [0.2, 0.25) is 3.79 Å². The van der Waals surface area contributed by atoms with Crippen LogP contribution in [-0.2, 0) is 4.74 Å². The molecule has 0 saturated carbocycles. The number of halogens is 3. The molecule has 25 heavy (non-hydrogen) atoms. The van der Waals surface area contributed by atoms with Gasteiger partial charge in [-0.3, -0.25) is 4.79 Å². The number of carbonyl (C=O) groups is 2. The number of ether oxygens (including phenoxy) is 1. The number of carbonyl (C=O) groups excluding carboxylic acids is 2. The van der Waals surface area contributed by atoms with Gasteiger partial charge < -0.3 is 19.8 Å². The van der Waals surface area contributed by atoms with E-state index < -0.39 is 21.8 Å². The van der Waals surface area contributed by atoms with E-state index in [1.165, 1.54) is 12.3 Å². The van der Waals surface area contributed by atoms with Gasteiger partial charge in [0.15, 0.2) is 5.76 Å². The summed E-state index contributed by atoms with van der Waals surface area (Å²) in [4.78, 5) is 23.7. The third kappa shape index (κ3) is 5.56. The lowest BCUT2D eigenvalue weighted by Crippen LogP contribution is -2.49. The van der Waals surface area contributed by atoms with Crippen molar-refractivity contribution in [1.82, 2.24) is 5.32 Å². The molecule has 0 fully saturated rings. The highest BCUT2D eigenvalue weighted by Crippen LogP contribution is 2.31. The molecule has 0 radical (unpaired) electrons. The number of hydrogen-bond donors (Lipinski definition) is 2. The number of anilines is 1. The van der Waals surface area contributed by atoms with Crippen LogP contribution in [0.2, 0.25) is 0 Å². The van der Waals surface area contributed by atoms with Gasteiger partial charge in [-0.1, -0.05) is 34.8 Å². The van der Waals surface area contributed by atoms with Gasteiger partial charge in [0.05, 0.1) is 18.4 Å². The third-order valence-electron chi connectivity index (χ3n) is 3.05. The van der Waals surface area contributed by atoms with Gasteiger partial charge in [-0.15, -0.1) is 0 Å². The fourth-order valence-electron chi connectivity index (χ4n) is 1.89. The molecule has 0 aliphatic heterocycles. The number of benzene rings is 1. The highest BCUT2D eigenvalue weighted by molar-refractivity contribution is 6.68. The Morgan fingerprint density at radius 3 is 2.40 bits per heavy atom. The Labute approximate surface area is 159 Å². The second kappa shape index (κ2) is 8.47. The van der Waals surface area contributed by atoms with E-state index in [4.69, 9.17) is 44.0 Å². The van der Waals surface area contributed by atoms with Gasteiger partial charge in [0.1, 0.15) is 6.17 Å². The van der Waals surface area contributed by atoms with Gasteiger partial charge in [0, 0.05) is 5.69 Å². The highest BCUT2D eigenvalue weighted by atomic mass is 35.6. The number of esters is 1. The Morgan fingerprint density at radius 2 is 1.88 bits per heavy atom. The third-order valence-corrected chi connectivity index (χ3v) is 3.71. The first-order valence-corrected chi connectivity index (χ1v) is 8.39. The number of alkyl halides is 3. The van der Waals surface area contributed by atoms with E-state index in [0.717, 1.165) is 0 Å². The molecule has 0 aliphatic carbocycles. The average molecular weight is 406 g/mol. The Balaban J connectivity index is 2.09. The summed E-state index contributed by atoms with van der Waals surface area (Å²) in [7, 11) is 0. The Kier molecular flexibility index (Phi) is 6.58. The SMILES string of the molecule is CCOC(=O)c1ccc(N[C@H](NC(=O)c2ccco2)C(Cl)(Cl)Cl)cc1. The van der Waals surface area contributed by atoms with Crippen molar-refractivity contribution in [1.29, 1.82) is 0 Å². The summed E-state index contributed by atoms with van der Waals surface area (Å²) in [6.07, 6.45) is 0.324. The first-order valence-electron chi connectivity index (χ1n) is 7.26. The second-order valence-corrected chi connectivity index (χ2v) is 7.24. The first-order chi connectivity index (χ1) is 11.8. The van der Waals surface area contributed by atoms with E-state index in [-0.39, 0.29) is 12.4 Å². The molecule has 2 N–H and O–H groups in total. The van der Waals surface area contributed by atoms with Crippen molar-refractivity contribution in [3.8, 4) is 0 Å². The lowest BCUT2D eigenvalue weighted by molar-refractivity contribution is 0.0526. The number of furan rings is 1. The molecular weight excluding hydrogens is 391 g/mol. The molecule has 0 unspecified atom stereocenters. The van der Waals surface area contributed by atoms with Crippen molar-refractivity contribution < 1.29 is 18.7 Å². The van der Waals surface area contributed by atoms with Crippen LogP contribution in [0.1, 0.15) is 27.8 Å². The molecule has 9 heteroatoms. The summed E-state index contributed by atoms with van der Waals surface area (Å²) >= 11 is 17.8. The zero-order chi connectivity index (χ0) is 18.4. The first kappa shape index (κ1) is 19.4. The molecule has 1 amide bonds. The van der Waals surface area contributed by atoms with Crippen molar-refractivity contribution in [3.63, 3.8) is 0 Å². The van der Waals surface area contributed by atoms with Crippen LogP contribution in [0, 0.1) is 0 Å². The number of amides is 1. The van der Waals surface area contributed by atoms with Crippen LogP contribution in [0.5, 0.6) is 0 Å². The van der Waals surface area contributed by atoms with Crippen LogP contribution >= 0.6 is 34.8 Å². The Morgan fingerprint density at radius 1 is 1.20 bits per heavy atom. The van der Waals surface area contributed by atoms with E-state index in [2.05, 4.69) is 10.6 Å². The normalized spacial score (nSPS) is 12.3. The van der Waals surface area contributed by atoms with Crippen molar-refractivity contribution >= 4 is 52.4 Å². The smallest absolute Gasteiger partial charge is 0.338 e. The van der Waals surface area contributed by atoms with Crippen molar-refractivity contribution in [2.75, 3.05) is 11.9 Å². The minimum Gasteiger partial charge on any atom is -0.462 e. The standard InChI is InChI=1S/C16H15Cl3N2O4/c1-2-24-14(23)10-5-7-11(8-6-10)20-15(16(17,18)19)21-13(22)12-4-3-9-25-12/h3-9,15,20H,2H2,1H3,(H,21,22)/t15-/m1/s1. The van der Waals surface area contributed by atoms with Gasteiger partial charge >= 0.3 is 5.97 Å². The van der Waals surface area contributed by atoms with Gasteiger partial charge in [-0.05, 0) is 43.3 Å². The molecule has 0 aliphatic rings. The lowest BCUT2D eigenvalue weighted by atomic mass is 10.2. The fourth-order valence-corrected chi connectivity index (χ4v) is 2.22. The Bertz CT molecular complexity index is 712. The van der Waals surface area contributed by atoms with Crippen LogP contribution in [-0.4, -0.2) is 28.4 Å².